The Morgan fingerprint density at radius 2 is 2.00 bits per heavy atom. The predicted octanol–water partition coefficient (Wildman–Crippen LogP) is 2.13. The first-order valence-electron chi connectivity index (χ1n) is 3.62. The molecule has 1 rings (SSSR count). The van der Waals surface area contributed by atoms with Crippen LogP contribution >= 0.6 is 15.9 Å². The average molecular weight is 264 g/mol. The number of nitrogens with one attached hydrogen (secondary N) is 1. The fourth-order valence-electron chi connectivity index (χ4n) is 0.903. The molecule has 0 saturated carbocycles. The molecule has 0 aliphatic heterocycles. The third-order valence-corrected chi connectivity index (χ3v) is 2.67. The summed E-state index contributed by atoms with van der Waals surface area (Å²) in [5, 5.41) is 0. The van der Waals surface area contributed by atoms with Crippen molar-refractivity contribution in [2.45, 2.75) is 6.92 Å². The SMILES string of the molecule is Cc1ccc(NS(C)(=O)=O)c(Br)c1. The second-order valence-electron chi connectivity index (χ2n) is 2.86. The first-order chi connectivity index (χ1) is 5.88. The maximum Gasteiger partial charge on any atom is 0.229 e. The summed E-state index contributed by atoms with van der Waals surface area (Å²) >= 11 is 3.27. The van der Waals surface area contributed by atoms with Crippen molar-refractivity contribution >= 4 is 31.6 Å². The van der Waals surface area contributed by atoms with Crippen LogP contribution in [0.1, 0.15) is 5.56 Å². The lowest BCUT2D eigenvalue weighted by Crippen LogP contribution is -2.09. The van der Waals surface area contributed by atoms with Crippen molar-refractivity contribution in [1.82, 2.24) is 0 Å². The molecule has 13 heavy (non-hydrogen) atoms. The molecule has 1 aromatic carbocycles. The third kappa shape index (κ3) is 3.36. The Bertz CT molecular complexity index is 414. The van der Waals surface area contributed by atoms with Crippen LogP contribution in [0.25, 0.3) is 0 Å². The molecular weight excluding hydrogens is 254 g/mol. The van der Waals surface area contributed by atoms with Crippen LogP contribution < -0.4 is 4.72 Å². The van der Waals surface area contributed by atoms with Crippen LogP contribution in [0.5, 0.6) is 0 Å². The number of halogens is 1. The summed E-state index contributed by atoms with van der Waals surface area (Å²) in [5.74, 6) is 0. The number of rotatable bonds is 2. The molecule has 5 heteroatoms. The van der Waals surface area contributed by atoms with Gasteiger partial charge < -0.3 is 0 Å². The summed E-state index contributed by atoms with van der Waals surface area (Å²) in [7, 11) is -3.19. The highest BCUT2D eigenvalue weighted by Crippen LogP contribution is 2.23. The van der Waals surface area contributed by atoms with E-state index in [0.29, 0.717) is 5.69 Å². The molecule has 0 heterocycles. The Morgan fingerprint density at radius 3 is 2.46 bits per heavy atom. The van der Waals surface area contributed by atoms with Gasteiger partial charge in [-0.25, -0.2) is 8.42 Å². The summed E-state index contributed by atoms with van der Waals surface area (Å²) in [6.07, 6.45) is 1.12. The fraction of sp³-hybridized carbons (Fsp3) is 0.250. The van der Waals surface area contributed by atoms with Gasteiger partial charge in [0.15, 0.2) is 0 Å². The molecule has 0 aromatic heterocycles. The Labute approximate surface area is 86.3 Å². The maximum absolute atomic E-state index is 10.9. The number of hydrogen-bond acceptors (Lipinski definition) is 2. The Balaban J connectivity index is 3.04. The van der Waals surface area contributed by atoms with Gasteiger partial charge in [0.1, 0.15) is 0 Å². The molecule has 0 saturated heterocycles. The van der Waals surface area contributed by atoms with Gasteiger partial charge in [-0.15, -0.1) is 0 Å². The van der Waals surface area contributed by atoms with Gasteiger partial charge in [-0.3, -0.25) is 4.72 Å². The summed E-state index contributed by atoms with van der Waals surface area (Å²) in [5.41, 5.74) is 1.64. The minimum atomic E-state index is -3.19. The molecule has 0 aliphatic carbocycles. The van der Waals surface area contributed by atoms with Gasteiger partial charge in [-0.1, -0.05) is 6.07 Å². The van der Waals surface area contributed by atoms with Crippen molar-refractivity contribution in [2.75, 3.05) is 11.0 Å². The van der Waals surface area contributed by atoms with Crippen LogP contribution in [-0.2, 0) is 10.0 Å². The molecule has 72 valence electrons. The van der Waals surface area contributed by atoms with Crippen molar-refractivity contribution in [3.63, 3.8) is 0 Å². The van der Waals surface area contributed by atoms with Crippen molar-refractivity contribution in [1.29, 1.82) is 0 Å². The van der Waals surface area contributed by atoms with Crippen LogP contribution in [0, 0.1) is 6.92 Å². The Kier molecular flexibility index (Phi) is 2.98. The average Bonchev–Trinajstić information content (AvgIpc) is 1.93. The highest BCUT2D eigenvalue weighted by molar-refractivity contribution is 9.10. The summed E-state index contributed by atoms with van der Waals surface area (Å²) in [6, 6.07) is 5.42. The number of sulfonamides is 1. The molecule has 0 unspecified atom stereocenters. The highest BCUT2D eigenvalue weighted by atomic mass is 79.9. The Morgan fingerprint density at radius 1 is 1.38 bits per heavy atom. The smallest absolute Gasteiger partial charge is 0.229 e. The van der Waals surface area contributed by atoms with E-state index in [2.05, 4.69) is 20.7 Å². The fourth-order valence-corrected chi connectivity index (χ4v) is 2.20. The van der Waals surface area contributed by atoms with Crippen LogP contribution in [0.3, 0.4) is 0 Å². The van der Waals surface area contributed by atoms with Gasteiger partial charge in [0.25, 0.3) is 0 Å². The van der Waals surface area contributed by atoms with E-state index in [-0.39, 0.29) is 0 Å². The van der Waals surface area contributed by atoms with E-state index < -0.39 is 10.0 Å². The minimum absolute atomic E-state index is 0.563. The van der Waals surface area contributed by atoms with Crippen molar-refractivity contribution in [2.24, 2.45) is 0 Å². The van der Waals surface area contributed by atoms with Crippen molar-refractivity contribution < 1.29 is 8.42 Å². The topological polar surface area (TPSA) is 46.2 Å². The standard InChI is InChI=1S/C8H10BrNO2S/c1-6-3-4-8(7(9)5-6)10-13(2,11)12/h3-5,10H,1-2H3. The molecule has 0 bridgehead atoms. The molecule has 1 N–H and O–H groups in total. The van der Waals surface area contributed by atoms with Gasteiger partial charge in [0.2, 0.25) is 10.0 Å². The van der Waals surface area contributed by atoms with Gasteiger partial charge >= 0.3 is 0 Å². The molecule has 0 radical (unpaired) electrons. The van der Waals surface area contributed by atoms with Crippen LogP contribution in [0.2, 0.25) is 0 Å². The van der Waals surface area contributed by atoms with Gasteiger partial charge in [-0.05, 0) is 40.5 Å². The van der Waals surface area contributed by atoms with Crippen LogP contribution in [-0.4, -0.2) is 14.7 Å². The summed E-state index contributed by atoms with van der Waals surface area (Å²) in [6.45, 7) is 1.94. The largest absolute Gasteiger partial charge is 0.283 e. The first kappa shape index (κ1) is 10.5. The molecule has 1 aromatic rings. The van der Waals surface area contributed by atoms with Crippen molar-refractivity contribution in [3.05, 3.63) is 28.2 Å². The number of aryl methyl sites for hydroxylation is 1. The zero-order valence-corrected chi connectivity index (χ0v) is 9.74. The molecule has 0 fully saturated rings. The quantitative estimate of drug-likeness (QED) is 0.889. The van der Waals surface area contributed by atoms with Crippen LogP contribution in [0.15, 0.2) is 22.7 Å². The molecule has 0 atom stereocenters. The van der Waals surface area contributed by atoms with Crippen molar-refractivity contribution in [3.8, 4) is 0 Å². The predicted molar refractivity (Wildman–Crippen MR) is 57.3 cm³/mol. The zero-order chi connectivity index (χ0) is 10.1. The van der Waals surface area contributed by atoms with E-state index in [1.54, 1.807) is 6.07 Å². The molecule has 0 amide bonds. The lowest BCUT2D eigenvalue weighted by Gasteiger charge is -2.06. The molecule has 0 spiro atoms. The molecule has 0 aliphatic rings. The molecular formula is C8H10BrNO2S. The van der Waals surface area contributed by atoms with Gasteiger partial charge in [-0.2, -0.15) is 0 Å². The van der Waals surface area contributed by atoms with E-state index in [1.807, 2.05) is 19.1 Å². The second-order valence-corrected chi connectivity index (χ2v) is 5.46. The first-order valence-corrected chi connectivity index (χ1v) is 6.31. The van der Waals surface area contributed by atoms with Gasteiger partial charge in [0.05, 0.1) is 11.9 Å². The monoisotopic (exact) mass is 263 g/mol. The zero-order valence-electron chi connectivity index (χ0n) is 7.33. The Hall–Kier alpha value is -0.550. The van der Waals surface area contributed by atoms with E-state index in [9.17, 15) is 8.42 Å². The minimum Gasteiger partial charge on any atom is -0.283 e. The number of hydrogen-bond donors (Lipinski definition) is 1. The van der Waals surface area contributed by atoms with E-state index in [1.165, 1.54) is 0 Å². The summed E-state index contributed by atoms with van der Waals surface area (Å²) in [4.78, 5) is 0. The third-order valence-electron chi connectivity index (χ3n) is 1.42. The number of benzene rings is 1. The number of anilines is 1. The second kappa shape index (κ2) is 3.67. The van der Waals surface area contributed by atoms with E-state index >= 15 is 0 Å². The van der Waals surface area contributed by atoms with Crippen LogP contribution in [0.4, 0.5) is 5.69 Å². The molecule has 3 nitrogen and oxygen atoms in total. The lowest BCUT2D eigenvalue weighted by molar-refractivity contribution is 0.607. The van der Waals surface area contributed by atoms with E-state index in [0.717, 1.165) is 16.3 Å². The van der Waals surface area contributed by atoms with Gasteiger partial charge in [0, 0.05) is 4.47 Å². The van der Waals surface area contributed by atoms with E-state index in [4.69, 9.17) is 0 Å². The highest BCUT2D eigenvalue weighted by Gasteiger charge is 2.04. The summed E-state index contributed by atoms with van der Waals surface area (Å²) < 4.78 is 25.0. The lowest BCUT2D eigenvalue weighted by atomic mass is 10.2. The maximum atomic E-state index is 10.9. The normalized spacial score (nSPS) is 11.3.